The van der Waals surface area contributed by atoms with Crippen LogP contribution in [-0.2, 0) is 26.2 Å². The third kappa shape index (κ3) is 6.59. The van der Waals surface area contributed by atoms with Crippen molar-refractivity contribution in [2.75, 3.05) is 6.54 Å². The summed E-state index contributed by atoms with van der Waals surface area (Å²) in [5.74, 6) is -0.378. The molecule has 0 spiro atoms. The van der Waals surface area contributed by atoms with Crippen molar-refractivity contribution < 1.29 is 24.2 Å². The van der Waals surface area contributed by atoms with E-state index < -0.39 is 29.1 Å². The van der Waals surface area contributed by atoms with Crippen LogP contribution in [-0.4, -0.2) is 41.1 Å². The molecule has 7 nitrogen and oxygen atoms in total. The van der Waals surface area contributed by atoms with Crippen molar-refractivity contribution in [1.82, 2.24) is 10.6 Å². The van der Waals surface area contributed by atoms with Crippen LogP contribution in [0.4, 0.5) is 4.79 Å². The van der Waals surface area contributed by atoms with Crippen molar-refractivity contribution >= 4 is 17.8 Å². The van der Waals surface area contributed by atoms with Gasteiger partial charge in [0.25, 0.3) is 0 Å². The second-order valence-corrected chi connectivity index (χ2v) is 9.87. The summed E-state index contributed by atoms with van der Waals surface area (Å²) in [5, 5.41) is 14.9. The van der Waals surface area contributed by atoms with Crippen molar-refractivity contribution in [2.24, 2.45) is 0 Å². The Kier molecular flexibility index (Phi) is 7.97. The van der Waals surface area contributed by atoms with Crippen LogP contribution in [0.25, 0.3) is 0 Å². The molecule has 7 heteroatoms. The van der Waals surface area contributed by atoms with Crippen LogP contribution in [0.5, 0.6) is 5.75 Å². The number of phenolic OH excluding ortho intramolecular Hbond substituents is 1. The Morgan fingerprint density at radius 2 is 1.62 bits per heavy atom. The molecule has 0 aliphatic heterocycles. The number of hydrogen-bond donors (Lipinski definition) is 3. The third-order valence-electron chi connectivity index (χ3n) is 6.12. The minimum absolute atomic E-state index is 0.0230. The summed E-state index contributed by atoms with van der Waals surface area (Å²) in [6.45, 7) is 5.11. The van der Waals surface area contributed by atoms with Gasteiger partial charge in [0.1, 0.15) is 17.4 Å². The van der Waals surface area contributed by atoms with Crippen LogP contribution >= 0.6 is 0 Å². The Morgan fingerprint density at radius 1 is 1.00 bits per heavy atom. The zero-order valence-corrected chi connectivity index (χ0v) is 20.1. The first kappa shape index (κ1) is 25.3. The predicted molar refractivity (Wildman–Crippen MR) is 130 cm³/mol. The molecule has 1 unspecified atom stereocenters. The van der Waals surface area contributed by atoms with E-state index in [1.165, 1.54) is 12.1 Å². The van der Waals surface area contributed by atoms with Gasteiger partial charge in [-0.1, -0.05) is 55.3 Å². The molecule has 3 N–H and O–H groups in total. The third-order valence-corrected chi connectivity index (χ3v) is 6.12. The number of alkyl carbamates (subject to hydrolysis) is 1. The lowest BCUT2D eigenvalue weighted by Crippen LogP contribution is -2.51. The second-order valence-electron chi connectivity index (χ2n) is 9.87. The average molecular weight is 467 g/mol. The Balaban J connectivity index is 1.71. The molecular formula is C27H34N2O5. The summed E-state index contributed by atoms with van der Waals surface area (Å²) in [4.78, 5) is 38.8. The van der Waals surface area contributed by atoms with Gasteiger partial charge in [-0.05, 0) is 56.9 Å². The van der Waals surface area contributed by atoms with Gasteiger partial charge >= 0.3 is 6.09 Å². The van der Waals surface area contributed by atoms with Crippen molar-refractivity contribution in [3.8, 4) is 5.75 Å². The molecule has 1 aliphatic carbocycles. The lowest BCUT2D eigenvalue weighted by atomic mass is 9.75. The number of benzene rings is 2. The van der Waals surface area contributed by atoms with Gasteiger partial charge < -0.3 is 20.5 Å². The topological polar surface area (TPSA) is 105 Å². The number of amides is 2. The number of ether oxygens (including phenoxy) is 1. The molecule has 1 fully saturated rings. The lowest BCUT2D eigenvalue weighted by molar-refractivity contribution is -0.128. The molecule has 0 radical (unpaired) electrons. The first-order valence-corrected chi connectivity index (χ1v) is 11.7. The first-order valence-electron chi connectivity index (χ1n) is 11.7. The summed E-state index contributed by atoms with van der Waals surface area (Å²) in [7, 11) is 0. The van der Waals surface area contributed by atoms with E-state index in [9.17, 15) is 19.5 Å². The second kappa shape index (κ2) is 10.7. The quantitative estimate of drug-likeness (QED) is 0.545. The van der Waals surface area contributed by atoms with Crippen LogP contribution in [0.1, 0.15) is 57.6 Å². The van der Waals surface area contributed by atoms with Gasteiger partial charge in [-0.25, -0.2) is 4.79 Å². The largest absolute Gasteiger partial charge is 0.508 e. The smallest absolute Gasteiger partial charge is 0.408 e. The highest BCUT2D eigenvalue weighted by Gasteiger charge is 2.42. The normalized spacial score (nSPS) is 15.9. The molecule has 182 valence electrons. The molecule has 1 saturated carbocycles. The molecule has 3 rings (SSSR count). The monoisotopic (exact) mass is 466 g/mol. The highest BCUT2D eigenvalue weighted by atomic mass is 16.6. The molecule has 2 aromatic carbocycles. The van der Waals surface area contributed by atoms with Crippen LogP contribution in [0.3, 0.4) is 0 Å². The summed E-state index contributed by atoms with van der Waals surface area (Å²) in [5.41, 5.74) is 0.431. The molecule has 1 atom stereocenters. The molecule has 1 aliphatic rings. The molecule has 0 bridgehead atoms. The summed E-state index contributed by atoms with van der Waals surface area (Å²) < 4.78 is 5.32. The highest BCUT2D eigenvalue weighted by Crippen LogP contribution is 2.41. The van der Waals surface area contributed by atoms with E-state index in [4.69, 9.17) is 4.74 Å². The summed E-state index contributed by atoms with van der Waals surface area (Å²) >= 11 is 0. The summed E-state index contributed by atoms with van der Waals surface area (Å²) in [6.07, 6.45) is 2.94. The number of ketones is 1. The maximum Gasteiger partial charge on any atom is 0.408 e. The van der Waals surface area contributed by atoms with Gasteiger partial charge in [0.15, 0.2) is 5.78 Å². The number of rotatable bonds is 8. The van der Waals surface area contributed by atoms with Gasteiger partial charge in [-0.3, -0.25) is 9.59 Å². The van der Waals surface area contributed by atoms with E-state index in [0.29, 0.717) is 0 Å². The van der Waals surface area contributed by atoms with Crippen LogP contribution in [0.15, 0.2) is 54.6 Å². The molecule has 0 aromatic heterocycles. The van der Waals surface area contributed by atoms with Gasteiger partial charge in [-0.2, -0.15) is 0 Å². The Hall–Kier alpha value is -3.35. The van der Waals surface area contributed by atoms with Crippen LogP contribution in [0, 0.1) is 0 Å². The van der Waals surface area contributed by atoms with E-state index in [2.05, 4.69) is 10.6 Å². The number of aromatic hydroxyl groups is 1. The van der Waals surface area contributed by atoms with Gasteiger partial charge in [0, 0.05) is 6.42 Å². The van der Waals surface area contributed by atoms with E-state index in [-0.39, 0.29) is 24.5 Å². The number of Topliss-reactive ketones (excluding diaryl/α,β-unsaturated/α-hetero) is 1. The maximum atomic E-state index is 13.3. The molecule has 2 amide bonds. The van der Waals surface area contributed by atoms with Crippen molar-refractivity contribution in [1.29, 1.82) is 0 Å². The van der Waals surface area contributed by atoms with Crippen molar-refractivity contribution in [3.05, 3.63) is 65.7 Å². The molecule has 34 heavy (non-hydrogen) atoms. The predicted octanol–water partition coefficient (Wildman–Crippen LogP) is 4.03. The van der Waals surface area contributed by atoms with Gasteiger partial charge in [0.2, 0.25) is 5.91 Å². The number of carbonyl (C=O) groups excluding carboxylic acids is 3. The zero-order chi connectivity index (χ0) is 24.8. The average Bonchev–Trinajstić information content (AvgIpc) is 3.29. The summed E-state index contributed by atoms with van der Waals surface area (Å²) in [6, 6.07) is 15.2. The van der Waals surface area contributed by atoms with E-state index in [1.807, 2.05) is 30.3 Å². The minimum Gasteiger partial charge on any atom is -0.508 e. The van der Waals surface area contributed by atoms with Crippen LogP contribution < -0.4 is 10.6 Å². The Bertz CT molecular complexity index is 990. The first-order chi connectivity index (χ1) is 16.1. The number of nitrogens with one attached hydrogen (secondary N) is 2. The number of carbonyl (C=O) groups is 3. The van der Waals surface area contributed by atoms with Crippen LogP contribution in [0.2, 0.25) is 0 Å². The Morgan fingerprint density at radius 3 is 2.21 bits per heavy atom. The highest BCUT2D eigenvalue weighted by molar-refractivity contribution is 5.95. The minimum atomic E-state index is -0.941. The van der Waals surface area contributed by atoms with Crippen molar-refractivity contribution in [2.45, 2.75) is 69.9 Å². The number of hydrogen-bond acceptors (Lipinski definition) is 5. The molecular weight excluding hydrogens is 432 g/mol. The molecule has 0 saturated heterocycles. The standard InChI is InChI=1S/C27H34N2O5/c1-26(2,3)34-25(33)29-22(17-19-11-13-21(30)14-12-19)24(32)28-18-23(31)27(15-7-8-16-27)20-9-5-4-6-10-20/h4-6,9-14,22,30H,7-8,15-18H2,1-3H3,(H,28,32)(H,29,33). The van der Waals surface area contributed by atoms with Crippen molar-refractivity contribution in [3.63, 3.8) is 0 Å². The van der Waals surface area contributed by atoms with Gasteiger partial charge in [0.05, 0.1) is 12.0 Å². The van der Waals surface area contributed by atoms with Gasteiger partial charge in [-0.15, -0.1) is 0 Å². The fourth-order valence-electron chi connectivity index (χ4n) is 4.45. The fraction of sp³-hybridized carbons (Fsp3) is 0.444. The molecule has 2 aromatic rings. The maximum absolute atomic E-state index is 13.3. The Labute approximate surface area is 200 Å². The van der Waals surface area contributed by atoms with E-state index in [0.717, 1.165) is 36.8 Å². The lowest BCUT2D eigenvalue weighted by Gasteiger charge is -2.29. The molecule has 0 heterocycles. The van der Waals surface area contributed by atoms with E-state index >= 15 is 0 Å². The zero-order valence-electron chi connectivity index (χ0n) is 20.1. The number of phenols is 1. The fourth-order valence-corrected chi connectivity index (χ4v) is 4.45. The van der Waals surface area contributed by atoms with E-state index in [1.54, 1.807) is 32.9 Å². The SMILES string of the molecule is CC(C)(C)OC(=O)NC(Cc1ccc(O)cc1)C(=O)NCC(=O)C1(c2ccccc2)CCCC1.